The fraction of sp³-hybridized carbons (Fsp3) is 0.357. The molecule has 0 aliphatic heterocycles. The first kappa shape index (κ1) is 15.1. The van der Waals surface area contributed by atoms with E-state index in [0.29, 0.717) is 21.8 Å². The number of nitrogens with one attached hydrogen (secondary N) is 2. The number of hydrogen-bond acceptors (Lipinski definition) is 3. The van der Waals surface area contributed by atoms with Gasteiger partial charge in [-0.3, -0.25) is 4.21 Å². The van der Waals surface area contributed by atoms with Crippen molar-refractivity contribution in [2.75, 3.05) is 11.9 Å². The second-order valence-corrected chi connectivity index (χ2v) is 6.76. The van der Waals surface area contributed by atoms with E-state index in [1.54, 1.807) is 12.4 Å². The van der Waals surface area contributed by atoms with Gasteiger partial charge in [-0.1, -0.05) is 31.5 Å². The molecule has 0 radical (unpaired) electrons. The molecule has 0 aliphatic rings. The van der Waals surface area contributed by atoms with E-state index < -0.39 is 10.8 Å². The van der Waals surface area contributed by atoms with Crippen molar-refractivity contribution in [1.82, 2.24) is 9.97 Å². The Morgan fingerprint density at radius 1 is 1.45 bits per heavy atom. The summed E-state index contributed by atoms with van der Waals surface area (Å²) < 4.78 is 12.2. The summed E-state index contributed by atoms with van der Waals surface area (Å²) in [6.07, 6.45) is 3.28. The van der Waals surface area contributed by atoms with Crippen molar-refractivity contribution in [1.29, 1.82) is 0 Å². The van der Waals surface area contributed by atoms with E-state index in [1.807, 2.05) is 18.2 Å². The molecule has 6 heteroatoms. The third-order valence-electron chi connectivity index (χ3n) is 2.75. The summed E-state index contributed by atoms with van der Waals surface area (Å²) in [5.74, 6) is 0.933. The summed E-state index contributed by atoms with van der Waals surface area (Å²) in [6, 6.07) is 5.60. The Labute approximate surface area is 126 Å². The van der Waals surface area contributed by atoms with Gasteiger partial charge in [0.2, 0.25) is 0 Å². The van der Waals surface area contributed by atoms with Gasteiger partial charge in [0, 0.05) is 29.6 Å². The predicted octanol–water partition coefficient (Wildman–Crippen LogP) is 3.44. The number of halogens is 1. The van der Waals surface area contributed by atoms with E-state index in [0.717, 1.165) is 17.8 Å². The first-order valence-corrected chi connectivity index (χ1v) is 8.16. The average molecular weight is 312 g/mol. The van der Waals surface area contributed by atoms with Crippen LogP contribution in [0.2, 0.25) is 5.02 Å². The molecule has 0 saturated heterocycles. The van der Waals surface area contributed by atoms with Gasteiger partial charge in [0.1, 0.15) is 0 Å². The highest BCUT2D eigenvalue weighted by molar-refractivity contribution is 7.84. The Hall–Kier alpha value is -1.33. The van der Waals surface area contributed by atoms with Crippen LogP contribution in [0.1, 0.15) is 19.4 Å². The third-order valence-corrected chi connectivity index (χ3v) is 4.21. The van der Waals surface area contributed by atoms with Crippen molar-refractivity contribution in [3.63, 3.8) is 0 Å². The second-order valence-electron chi connectivity index (χ2n) is 4.96. The molecule has 1 unspecified atom stereocenters. The Morgan fingerprint density at radius 2 is 2.25 bits per heavy atom. The summed E-state index contributed by atoms with van der Waals surface area (Å²) in [5.41, 5.74) is 1.91. The molecular weight excluding hydrogens is 294 g/mol. The summed E-state index contributed by atoms with van der Waals surface area (Å²) in [4.78, 5) is 6.91. The molecule has 1 aromatic carbocycles. The summed E-state index contributed by atoms with van der Waals surface area (Å²) >= 11 is 6.03. The lowest BCUT2D eigenvalue weighted by Gasteiger charge is -2.13. The van der Waals surface area contributed by atoms with E-state index in [1.165, 1.54) is 0 Å². The highest BCUT2D eigenvalue weighted by Crippen LogP contribution is 2.23. The molecule has 2 rings (SSSR count). The molecule has 20 heavy (non-hydrogen) atoms. The molecule has 1 heterocycles. The molecular formula is C14H18ClN3OS. The maximum atomic E-state index is 12.2. The first-order valence-electron chi connectivity index (χ1n) is 6.46. The van der Waals surface area contributed by atoms with E-state index in [9.17, 15) is 4.21 Å². The van der Waals surface area contributed by atoms with Crippen LogP contribution in [0, 0.1) is 5.92 Å². The van der Waals surface area contributed by atoms with Gasteiger partial charge in [0.05, 0.1) is 16.6 Å². The van der Waals surface area contributed by atoms with Crippen LogP contribution in [0.4, 0.5) is 5.69 Å². The van der Waals surface area contributed by atoms with Crippen LogP contribution in [0.25, 0.3) is 0 Å². The predicted molar refractivity (Wildman–Crippen MR) is 83.5 cm³/mol. The minimum atomic E-state index is -1.18. The van der Waals surface area contributed by atoms with Gasteiger partial charge >= 0.3 is 0 Å². The van der Waals surface area contributed by atoms with E-state index >= 15 is 0 Å². The topological polar surface area (TPSA) is 57.8 Å². The van der Waals surface area contributed by atoms with Crippen molar-refractivity contribution in [3.8, 4) is 0 Å². The fourth-order valence-corrected chi connectivity index (χ4v) is 2.96. The number of aromatic amines is 1. The molecule has 4 nitrogen and oxygen atoms in total. The van der Waals surface area contributed by atoms with Gasteiger partial charge in [-0.05, 0) is 23.6 Å². The van der Waals surface area contributed by atoms with Gasteiger partial charge in [0.25, 0.3) is 0 Å². The SMILES string of the molecule is CC(C)CNc1cc(Cl)ccc1CS(=O)c1ncc[nH]1. The van der Waals surface area contributed by atoms with Gasteiger partial charge in [-0.25, -0.2) is 4.98 Å². The van der Waals surface area contributed by atoms with Crippen LogP contribution >= 0.6 is 11.6 Å². The lowest BCUT2D eigenvalue weighted by atomic mass is 10.1. The zero-order valence-corrected chi connectivity index (χ0v) is 13.1. The molecule has 0 bridgehead atoms. The maximum absolute atomic E-state index is 12.2. The highest BCUT2D eigenvalue weighted by Gasteiger charge is 2.11. The lowest BCUT2D eigenvalue weighted by molar-refractivity contribution is 0.676. The van der Waals surface area contributed by atoms with E-state index in [2.05, 4.69) is 29.1 Å². The van der Waals surface area contributed by atoms with E-state index in [4.69, 9.17) is 11.6 Å². The third kappa shape index (κ3) is 4.08. The molecule has 0 aliphatic carbocycles. The Kier molecular flexibility index (Phi) is 5.20. The summed E-state index contributed by atoms with van der Waals surface area (Å²) in [7, 11) is -1.18. The van der Waals surface area contributed by atoms with Crippen LogP contribution in [0.5, 0.6) is 0 Å². The number of H-pyrrole nitrogens is 1. The smallest absolute Gasteiger partial charge is 0.196 e. The molecule has 108 valence electrons. The molecule has 2 N–H and O–H groups in total. The van der Waals surface area contributed by atoms with Crippen molar-refractivity contribution in [2.24, 2.45) is 5.92 Å². The minimum absolute atomic E-state index is 0.408. The highest BCUT2D eigenvalue weighted by atomic mass is 35.5. The maximum Gasteiger partial charge on any atom is 0.196 e. The van der Waals surface area contributed by atoms with Crippen LogP contribution in [-0.2, 0) is 16.6 Å². The first-order chi connectivity index (χ1) is 9.56. The number of anilines is 1. The zero-order chi connectivity index (χ0) is 14.5. The Morgan fingerprint density at radius 3 is 2.90 bits per heavy atom. The number of rotatable bonds is 6. The van der Waals surface area contributed by atoms with E-state index in [-0.39, 0.29) is 0 Å². The summed E-state index contributed by atoms with van der Waals surface area (Å²) in [5, 5.41) is 4.52. The quantitative estimate of drug-likeness (QED) is 0.859. The lowest BCUT2D eigenvalue weighted by Crippen LogP contribution is -2.10. The van der Waals surface area contributed by atoms with Crippen molar-refractivity contribution >= 4 is 28.1 Å². The van der Waals surface area contributed by atoms with Crippen molar-refractivity contribution in [3.05, 3.63) is 41.2 Å². The summed E-state index contributed by atoms with van der Waals surface area (Å²) in [6.45, 7) is 5.12. The monoisotopic (exact) mass is 311 g/mol. The van der Waals surface area contributed by atoms with Crippen LogP contribution < -0.4 is 5.32 Å². The molecule has 1 atom stereocenters. The van der Waals surface area contributed by atoms with Crippen LogP contribution in [0.3, 0.4) is 0 Å². The van der Waals surface area contributed by atoms with Crippen LogP contribution in [-0.4, -0.2) is 20.7 Å². The Bertz CT molecular complexity index is 584. The van der Waals surface area contributed by atoms with Gasteiger partial charge < -0.3 is 10.3 Å². The molecule has 0 fully saturated rings. The van der Waals surface area contributed by atoms with Crippen LogP contribution in [0.15, 0.2) is 35.7 Å². The Balaban J connectivity index is 2.16. The number of nitrogens with zero attached hydrogens (tertiary/aromatic N) is 1. The standard InChI is InChI=1S/C14H18ClN3OS/c1-10(2)8-18-13-7-12(15)4-3-11(13)9-20(19)14-16-5-6-17-14/h3-7,10,18H,8-9H2,1-2H3,(H,16,17). The van der Waals surface area contributed by atoms with Gasteiger partial charge in [-0.15, -0.1) is 0 Å². The molecule has 0 saturated carbocycles. The number of hydrogen-bond donors (Lipinski definition) is 2. The minimum Gasteiger partial charge on any atom is -0.384 e. The zero-order valence-electron chi connectivity index (χ0n) is 11.5. The van der Waals surface area contributed by atoms with Crippen molar-refractivity contribution in [2.45, 2.75) is 24.8 Å². The largest absolute Gasteiger partial charge is 0.384 e. The average Bonchev–Trinajstić information content (AvgIpc) is 2.93. The van der Waals surface area contributed by atoms with Gasteiger partial charge in [0.15, 0.2) is 5.16 Å². The number of imidazole rings is 1. The molecule has 0 amide bonds. The molecule has 2 aromatic rings. The van der Waals surface area contributed by atoms with Crippen molar-refractivity contribution < 1.29 is 4.21 Å². The number of benzene rings is 1. The number of aromatic nitrogens is 2. The van der Waals surface area contributed by atoms with Gasteiger partial charge in [-0.2, -0.15) is 0 Å². The fourth-order valence-electron chi connectivity index (χ4n) is 1.74. The normalized spacial score (nSPS) is 12.6. The second kappa shape index (κ2) is 6.90. The molecule has 1 aromatic heterocycles. The molecule has 0 spiro atoms.